The van der Waals surface area contributed by atoms with Crippen LogP contribution in [0.2, 0.25) is 5.02 Å². The molecule has 0 amide bonds. The van der Waals surface area contributed by atoms with Crippen LogP contribution in [0.5, 0.6) is 5.75 Å². The van der Waals surface area contributed by atoms with E-state index in [2.05, 4.69) is 22.6 Å². The molecule has 0 saturated carbocycles. The summed E-state index contributed by atoms with van der Waals surface area (Å²) < 4.78 is 1.65. The van der Waals surface area contributed by atoms with Crippen molar-refractivity contribution in [3.63, 3.8) is 0 Å². The summed E-state index contributed by atoms with van der Waals surface area (Å²) in [5, 5.41) is 9.68. The van der Waals surface area contributed by atoms with Crippen molar-refractivity contribution >= 4 is 56.8 Å². The van der Waals surface area contributed by atoms with Crippen LogP contribution < -0.4 is 0 Å². The highest BCUT2D eigenvalue weighted by Crippen LogP contribution is 2.32. The second-order valence-corrected chi connectivity index (χ2v) is 4.39. The van der Waals surface area contributed by atoms with Crippen LogP contribution in [0.3, 0.4) is 0 Å². The average Bonchev–Trinajstić information content (AvgIpc) is 1.93. The highest BCUT2D eigenvalue weighted by atomic mass is 127. The van der Waals surface area contributed by atoms with Gasteiger partial charge in [0.1, 0.15) is 5.75 Å². The van der Waals surface area contributed by atoms with Gasteiger partial charge in [0, 0.05) is 3.57 Å². The molecule has 0 heterocycles. The van der Waals surface area contributed by atoms with Crippen molar-refractivity contribution < 1.29 is 5.11 Å². The molecule has 0 aliphatic carbocycles. The molecule has 0 spiro atoms. The Labute approximate surface area is 91.1 Å². The van der Waals surface area contributed by atoms with Crippen molar-refractivity contribution in [2.24, 2.45) is 0 Å². The zero-order valence-corrected chi connectivity index (χ0v) is 9.81. The second kappa shape index (κ2) is 3.44. The predicted molar refractivity (Wildman–Crippen MR) is 58.6 cm³/mol. The van der Waals surface area contributed by atoms with Crippen molar-refractivity contribution in [2.75, 3.05) is 0 Å². The summed E-state index contributed by atoms with van der Waals surface area (Å²) in [5.74, 6) is 0.175. The van der Waals surface area contributed by atoms with E-state index in [9.17, 15) is 5.11 Å². The van der Waals surface area contributed by atoms with Crippen LogP contribution in [0.1, 0.15) is 0 Å². The van der Waals surface area contributed by atoms with Crippen molar-refractivity contribution in [1.82, 2.24) is 0 Å². The molecule has 1 nitrogen and oxygen atoms in total. The van der Waals surface area contributed by atoms with Gasteiger partial charge in [-0.25, -0.2) is 0 Å². The van der Waals surface area contributed by atoms with Crippen LogP contribution in [0.15, 0.2) is 12.1 Å². The van der Waals surface area contributed by atoms with Gasteiger partial charge in [-0.15, -0.1) is 0 Å². The van der Waals surface area contributed by atoms with Crippen molar-refractivity contribution in [2.45, 2.75) is 0 Å². The maximum absolute atomic E-state index is 9.24. The van der Waals surface area contributed by atoms with Gasteiger partial charge in [0.15, 0.2) is 0 Å². The number of halogens is 3. The first-order valence-electron chi connectivity index (χ1n) is 2.45. The normalized spacial score (nSPS) is 9.90. The van der Waals surface area contributed by atoms with E-state index in [1.54, 1.807) is 0 Å². The number of rotatable bonds is 0. The minimum Gasteiger partial charge on any atom is -0.505 e. The Hall–Kier alpha value is 0.770. The summed E-state index contributed by atoms with van der Waals surface area (Å²) in [7, 11) is 0. The number of aromatic hydroxyl groups is 1. The van der Waals surface area contributed by atoms with Crippen LogP contribution in [0.4, 0.5) is 0 Å². The molecular weight excluding hydrogens is 377 g/mol. The Balaban J connectivity index is 3.34. The lowest BCUT2D eigenvalue weighted by molar-refractivity contribution is 0.471. The van der Waals surface area contributed by atoms with Crippen molar-refractivity contribution in [1.29, 1.82) is 0 Å². The van der Waals surface area contributed by atoms with Gasteiger partial charge in [-0.2, -0.15) is 0 Å². The van der Waals surface area contributed by atoms with Gasteiger partial charge in [0.25, 0.3) is 0 Å². The van der Waals surface area contributed by atoms with Gasteiger partial charge in [0.2, 0.25) is 0 Å². The Bertz CT molecular complexity index is 235. The Morgan fingerprint density at radius 2 is 1.70 bits per heavy atom. The third-order valence-corrected chi connectivity index (χ3v) is 3.49. The van der Waals surface area contributed by atoms with Gasteiger partial charge in [0.05, 0.1) is 8.59 Å². The molecule has 54 valence electrons. The van der Waals surface area contributed by atoms with E-state index >= 15 is 0 Å². The largest absolute Gasteiger partial charge is 0.505 e. The molecular formula is C6H3ClI2O. The molecule has 1 N–H and O–H groups in total. The Kier molecular flexibility index (Phi) is 3.05. The summed E-state index contributed by atoms with van der Waals surface area (Å²) in [6, 6.07) is 3.69. The molecule has 0 unspecified atom stereocenters. The monoisotopic (exact) mass is 380 g/mol. The molecule has 1 aromatic rings. The zero-order valence-electron chi connectivity index (χ0n) is 4.74. The fourth-order valence-corrected chi connectivity index (χ4v) is 1.73. The van der Waals surface area contributed by atoms with E-state index in [0.717, 1.165) is 7.14 Å². The average molecular weight is 380 g/mol. The first-order chi connectivity index (χ1) is 4.63. The van der Waals surface area contributed by atoms with E-state index < -0.39 is 0 Å². The molecule has 0 radical (unpaired) electrons. The van der Waals surface area contributed by atoms with Crippen LogP contribution in [0, 0.1) is 7.14 Å². The minimum absolute atomic E-state index is 0.175. The molecule has 0 aromatic heterocycles. The topological polar surface area (TPSA) is 20.2 Å². The highest BCUT2D eigenvalue weighted by molar-refractivity contribution is 14.1. The predicted octanol–water partition coefficient (Wildman–Crippen LogP) is 3.25. The molecule has 0 atom stereocenters. The van der Waals surface area contributed by atoms with Crippen LogP contribution >= 0.6 is 56.8 Å². The summed E-state index contributed by atoms with van der Waals surface area (Å²) in [6.45, 7) is 0. The summed E-state index contributed by atoms with van der Waals surface area (Å²) in [6.07, 6.45) is 0. The number of phenolic OH excluding ortho intramolecular Hbond substituents is 1. The highest BCUT2D eigenvalue weighted by Gasteiger charge is 2.05. The smallest absolute Gasteiger partial charge is 0.148 e. The van der Waals surface area contributed by atoms with Crippen LogP contribution in [-0.4, -0.2) is 5.11 Å². The van der Waals surface area contributed by atoms with Gasteiger partial charge < -0.3 is 5.11 Å². The molecule has 1 rings (SSSR count). The molecule has 0 aliphatic rings. The van der Waals surface area contributed by atoms with Gasteiger partial charge in [-0.1, -0.05) is 11.6 Å². The SMILES string of the molecule is Oc1c(I)ccc(I)c1Cl. The maximum Gasteiger partial charge on any atom is 0.148 e. The zero-order chi connectivity index (χ0) is 7.72. The number of benzene rings is 1. The van der Waals surface area contributed by atoms with Crippen LogP contribution in [0.25, 0.3) is 0 Å². The fourth-order valence-electron chi connectivity index (χ4n) is 0.516. The number of hydrogen-bond acceptors (Lipinski definition) is 1. The van der Waals surface area contributed by atoms with Crippen LogP contribution in [-0.2, 0) is 0 Å². The van der Waals surface area contributed by atoms with E-state index in [4.69, 9.17) is 11.6 Å². The second-order valence-electron chi connectivity index (χ2n) is 1.69. The minimum atomic E-state index is 0.175. The number of hydrogen-bond donors (Lipinski definition) is 1. The lowest BCUT2D eigenvalue weighted by Gasteiger charge is -2.00. The van der Waals surface area contributed by atoms with E-state index in [0.29, 0.717) is 5.02 Å². The van der Waals surface area contributed by atoms with E-state index in [1.165, 1.54) is 0 Å². The van der Waals surface area contributed by atoms with Crippen molar-refractivity contribution in [3.8, 4) is 5.75 Å². The Morgan fingerprint density at radius 1 is 1.20 bits per heavy atom. The van der Waals surface area contributed by atoms with E-state index in [-0.39, 0.29) is 5.75 Å². The van der Waals surface area contributed by atoms with Gasteiger partial charge in [-0.05, 0) is 57.3 Å². The molecule has 1 aromatic carbocycles. The van der Waals surface area contributed by atoms with Gasteiger partial charge >= 0.3 is 0 Å². The standard InChI is InChI=1S/C6H3ClI2O/c7-5-3(8)1-2-4(9)6(5)10/h1-2,10H. The maximum atomic E-state index is 9.24. The van der Waals surface area contributed by atoms with Crippen molar-refractivity contribution in [3.05, 3.63) is 24.3 Å². The molecule has 4 heteroatoms. The molecule has 0 fully saturated rings. The molecule has 10 heavy (non-hydrogen) atoms. The summed E-state index contributed by atoms with van der Waals surface area (Å²) in [4.78, 5) is 0. The third kappa shape index (κ3) is 1.68. The molecule has 0 aliphatic heterocycles. The number of phenols is 1. The lowest BCUT2D eigenvalue weighted by atomic mass is 10.3. The van der Waals surface area contributed by atoms with E-state index in [1.807, 2.05) is 34.7 Å². The fraction of sp³-hybridized carbons (Fsp3) is 0. The quantitative estimate of drug-likeness (QED) is 0.541. The first-order valence-corrected chi connectivity index (χ1v) is 4.99. The molecule has 0 saturated heterocycles. The summed E-state index contributed by atoms with van der Waals surface area (Å²) >= 11 is 9.82. The third-order valence-electron chi connectivity index (χ3n) is 1.02. The first kappa shape index (κ1) is 8.86. The van der Waals surface area contributed by atoms with Gasteiger partial charge in [-0.3, -0.25) is 0 Å². The lowest BCUT2D eigenvalue weighted by Crippen LogP contribution is -1.78. The Morgan fingerprint density at radius 3 is 2.20 bits per heavy atom. The summed E-state index contributed by atoms with van der Waals surface area (Å²) in [5.41, 5.74) is 0. The molecule has 0 bridgehead atoms.